The van der Waals surface area contributed by atoms with Gasteiger partial charge in [0, 0.05) is 24.8 Å². The van der Waals surface area contributed by atoms with Crippen molar-refractivity contribution in [2.75, 3.05) is 36.5 Å². The van der Waals surface area contributed by atoms with Gasteiger partial charge in [0.1, 0.15) is 6.04 Å². The number of halogens is 2. The summed E-state index contributed by atoms with van der Waals surface area (Å²) in [7, 11) is -3.12. The van der Waals surface area contributed by atoms with Crippen molar-refractivity contribution >= 4 is 27.3 Å². The van der Waals surface area contributed by atoms with Gasteiger partial charge in [-0.15, -0.1) is 0 Å². The number of hydrogen-bond donors (Lipinski definition) is 2. The molecule has 1 unspecified atom stereocenters. The van der Waals surface area contributed by atoms with Gasteiger partial charge in [0.25, 0.3) is 0 Å². The number of amides is 2. The Kier molecular flexibility index (Phi) is 6.78. The van der Waals surface area contributed by atoms with Crippen LogP contribution in [0.15, 0.2) is 48.5 Å². The van der Waals surface area contributed by atoms with Crippen molar-refractivity contribution < 1.29 is 26.8 Å². The highest BCUT2D eigenvalue weighted by molar-refractivity contribution is 7.91. The van der Waals surface area contributed by atoms with Crippen LogP contribution in [0, 0.1) is 11.6 Å². The topological polar surface area (TPSA) is 95.6 Å². The number of nitrogens with zero attached hydrogens (tertiary/aromatic N) is 1. The minimum Gasteiger partial charge on any atom is -0.345 e. The molecule has 160 valence electrons. The Bertz CT molecular complexity index is 1020. The second-order valence-electron chi connectivity index (χ2n) is 6.90. The molecule has 10 heteroatoms. The number of benzene rings is 2. The first kappa shape index (κ1) is 21.8. The summed E-state index contributed by atoms with van der Waals surface area (Å²) in [6, 6.07) is 11.0. The molecule has 0 saturated carbocycles. The molecule has 1 fully saturated rings. The maximum Gasteiger partial charge on any atom is 0.243 e. The maximum absolute atomic E-state index is 13.3. The summed E-state index contributed by atoms with van der Waals surface area (Å²) in [5.41, 5.74) is 0.740. The molecule has 0 aromatic heterocycles. The van der Waals surface area contributed by atoms with Gasteiger partial charge in [-0.2, -0.15) is 0 Å². The third-order valence-corrected chi connectivity index (χ3v) is 6.34. The average Bonchev–Trinajstić information content (AvgIpc) is 2.71. The Morgan fingerprint density at radius 2 is 1.67 bits per heavy atom. The number of carbonyl (C=O) groups is 2. The summed E-state index contributed by atoms with van der Waals surface area (Å²) in [6.45, 7) is 0.0278. The van der Waals surface area contributed by atoms with Crippen LogP contribution in [0.5, 0.6) is 0 Å². The van der Waals surface area contributed by atoms with Crippen LogP contribution in [0.25, 0.3) is 0 Å². The predicted molar refractivity (Wildman–Crippen MR) is 107 cm³/mol. The van der Waals surface area contributed by atoms with Crippen molar-refractivity contribution in [3.63, 3.8) is 0 Å². The van der Waals surface area contributed by atoms with Crippen LogP contribution >= 0.6 is 0 Å². The van der Waals surface area contributed by atoms with Crippen molar-refractivity contribution in [2.45, 2.75) is 6.04 Å². The van der Waals surface area contributed by atoms with Gasteiger partial charge in [-0.1, -0.05) is 30.3 Å². The highest BCUT2D eigenvalue weighted by Crippen LogP contribution is 2.23. The monoisotopic (exact) mass is 437 g/mol. The fraction of sp³-hybridized carbons (Fsp3) is 0.300. The maximum atomic E-state index is 13.3. The summed E-state index contributed by atoms with van der Waals surface area (Å²) in [6.07, 6.45) is 0. The number of nitrogens with one attached hydrogen (secondary N) is 2. The molecule has 1 atom stereocenters. The quantitative estimate of drug-likeness (QED) is 0.714. The molecule has 1 aliphatic heterocycles. The number of carbonyl (C=O) groups excluding carboxylic acids is 2. The van der Waals surface area contributed by atoms with E-state index in [2.05, 4.69) is 10.6 Å². The molecule has 7 nitrogen and oxygen atoms in total. The number of rotatable bonds is 6. The second kappa shape index (κ2) is 9.31. The molecule has 3 rings (SSSR count). The lowest BCUT2D eigenvalue weighted by Gasteiger charge is -2.33. The van der Waals surface area contributed by atoms with E-state index in [9.17, 15) is 26.8 Å². The van der Waals surface area contributed by atoms with E-state index >= 15 is 0 Å². The van der Waals surface area contributed by atoms with Crippen LogP contribution in [0.3, 0.4) is 0 Å². The zero-order valence-corrected chi connectivity index (χ0v) is 16.8. The zero-order chi connectivity index (χ0) is 21.7. The fourth-order valence-corrected chi connectivity index (χ4v) is 4.42. The van der Waals surface area contributed by atoms with E-state index in [0.717, 1.165) is 12.1 Å². The SMILES string of the molecule is O=C(CNC(=O)C(c1ccccc1)N1CCS(=O)(=O)CC1)Nc1ccc(F)c(F)c1. The molecule has 30 heavy (non-hydrogen) atoms. The van der Waals surface area contributed by atoms with E-state index in [-0.39, 0.29) is 36.8 Å². The van der Waals surface area contributed by atoms with Gasteiger partial charge in [0.05, 0.1) is 18.1 Å². The zero-order valence-electron chi connectivity index (χ0n) is 16.0. The summed E-state index contributed by atoms with van der Waals surface area (Å²) in [4.78, 5) is 26.7. The normalized spacial score (nSPS) is 17.1. The lowest BCUT2D eigenvalue weighted by atomic mass is 10.0. The van der Waals surface area contributed by atoms with E-state index in [1.54, 1.807) is 35.2 Å². The van der Waals surface area contributed by atoms with Crippen molar-refractivity contribution in [3.05, 3.63) is 65.7 Å². The van der Waals surface area contributed by atoms with E-state index in [1.165, 1.54) is 6.07 Å². The van der Waals surface area contributed by atoms with Gasteiger partial charge in [-0.05, 0) is 17.7 Å². The molecule has 0 bridgehead atoms. The molecule has 2 aromatic rings. The number of sulfone groups is 1. The third kappa shape index (κ3) is 5.61. The van der Waals surface area contributed by atoms with Gasteiger partial charge in [0.2, 0.25) is 11.8 Å². The largest absolute Gasteiger partial charge is 0.345 e. The molecular formula is C20H21F2N3O4S. The van der Waals surface area contributed by atoms with Crippen molar-refractivity contribution in [1.29, 1.82) is 0 Å². The summed E-state index contributed by atoms with van der Waals surface area (Å²) in [5, 5.41) is 4.92. The van der Waals surface area contributed by atoms with E-state index < -0.39 is 39.3 Å². The Morgan fingerprint density at radius 3 is 2.30 bits per heavy atom. The highest BCUT2D eigenvalue weighted by atomic mass is 32.2. The van der Waals surface area contributed by atoms with E-state index in [4.69, 9.17) is 0 Å². The van der Waals surface area contributed by atoms with Crippen molar-refractivity contribution in [2.24, 2.45) is 0 Å². The lowest BCUT2D eigenvalue weighted by molar-refractivity contribution is -0.128. The number of anilines is 1. The molecule has 2 aromatic carbocycles. The Hall–Kier alpha value is -2.85. The van der Waals surface area contributed by atoms with Crippen LogP contribution in [-0.4, -0.2) is 56.3 Å². The molecule has 0 aliphatic carbocycles. The molecular weight excluding hydrogens is 416 g/mol. The first-order valence-corrected chi connectivity index (χ1v) is 11.1. The van der Waals surface area contributed by atoms with E-state index in [0.29, 0.717) is 5.56 Å². The highest BCUT2D eigenvalue weighted by Gasteiger charge is 2.32. The third-order valence-electron chi connectivity index (χ3n) is 4.73. The molecule has 1 aliphatic rings. The van der Waals surface area contributed by atoms with Gasteiger partial charge in [0.15, 0.2) is 21.5 Å². The Morgan fingerprint density at radius 1 is 1.00 bits per heavy atom. The van der Waals surface area contributed by atoms with Crippen LogP contribution in [0.2, 0.25) is 0 Å². The first-order chi connectivity index (χ1) is 14.2. The Labute approximate surface area is 173 Å². The van der Waals surface area contributed by atoms with Crippen LogP contribution in [-0.2, 0) is 19.4 Å². The van der Waals surface area contributed by atoms with Gasteiger partial charge < -0.3 is 10.6 Å². The molecule has 2 amide bonds. The Balaban J connectivity index is 1.66. The summed E-state index contributed by atoms with van der Waals surface area (Å²) >= 11 is 0. The van der Waals surface area contributed by atoms with Crippen LogP contribution in [0.4, 0.5) is 14.5 Å². The molecule has 1 heterocycles. The summed E-state index contributed by atoms with van der Waals surface area (Å²) < 4.78 is 49.7. The van der Waals surface area contributed by atoms with Gasteiger partial charge in [-0.3, -0.25) is 14.5 Å². The summed E-state index contributed by atoms with van der Waals surface area (Å²) in [5.74, 6) is -3.28. The fourth-order valence-electron chi connectivity index (χ4n) is 3.19. The van der Waals surface area contributed by atoms with Crippen LogP contribution < -0.4 is 10.6 Å². The molecule has 1 saturated heterocycles. The van der Waals surface area contributed by atoms with Crippen molar-refractivity contribution in [1.82, 2.24) is 10.2 Å². The van der Waals surface area contributed by atoms with E-state index in [1.807, 2.05) is 0 Å². The molecule has 2 N–H and O–H groups in total. The standard InChI is InChI=1S/C20H21F2N3O4S/c21-16-7-6-15(12-17(16)22)24-18(26)13-23-20(27)19(14-4-2-1-3-5-14)25-8-10-30(28,29)11-9-25/h1-7,12,19H,8-11,13H2,(H,23,27)(H,24,26). The van der Waals surface area contributed by atoms with Gasteiger partial charge >= 0.3 is 0 Å². The van der Waals surface area contributed by atoms with Gasteiger partial charge in [-0.25, -0.2) is 17.2 Å². The lowest BCUT2D eigenvalue weighted by Crippen LogP contribution is -2.48. The second-order valence-corrected chi connectivity index (χ2v) is 9.20. The smallest absolute Gasteiger partial charge is 0.243 e. The molecule has 0 radical (unpaired) electrons. The number of hydrogen-bond acceptors (Lipinski definition) is 5. The molecule has 0 spiro atoms. The van der Waals surface area contributed by atoms with Crippen molar-refractivity contribution in [3.8, 4) is 0 Å². The minimum absolute atomic E-state index is 0.0414. The first-order valence-electron chi connectivity index (χ1n) is 9.27. The van der Waals surface area contributed by atoms with Crippen LogP contribution in [0.1, 0.15) is 11.6 Å². The predicted octanol–water partition coefficient (Wildman–Crippen LogP) is 1.49. The minimum atomic E-state index is -3.12. The average molecular weight is 437 g/mol.